The Bertz CT molecular complexity index is 158. The van der Waals surface area contributed by atoms with Gasteiger partial charge in [-0.3, -0.25) is 4.90 Å². The Morgan fingerprint density at radius 3 is 2.60 bits per heavy atom. The molecule has 0 radical (unpaired) electrons. The van der Waals surface area contributed by atoms with Gasteiger partial charge in [-0.05, 0) is 0 Å². The molecule has 4 heteroatoms. The lowest BCUT2D eigenvalue weighted by Gasteiger charge is -2.26. The summed E-state index contributed by atoms with van der Waals surface area (Å²) in [4.78, 5) is 2.36. The molecule has 0 amide bonds. The first kappa shape index (κ1) is 12.6. The molecule has 88 valence electrons. The van der Waals surface area contributed by atoms with E-state index in [2.05, 4.69) is 11.5 Å². The summed E-state index contributed by atoms with van der Waals surface area (Å²) in [6.07, 6.45) is 1.74. The summed E-state index contributed by atoms with van der Waals surface area (Å²) in [6, 6.07) is 0. The molecule has 0 unspecified atom stereocenters. The highest BCUT2D eigenvalue weighted by Crippen LogP contribution is 1.95. The number of morpholine rings is 1. The fraction of sp³-hybridized carbons (Fsp3) is 0.818. The van der Waals surface area contributed by atoms with Crippen LogP contribution >= 0.6 is 0 Å². The quantitative estimate of drug-likeness (QED) is 0.437. The van der Waals surface area contributed by atoms with Gasteiger partial charge in [-0.2, -0.15) is 0 Å². The molecule has 0 bridgehead atoms. The molecule has 1 aliphatic heterocycles. The fourth-order valence-electron chi connectivity index (χ4n) is 1.40. The van der Waals surface area contributed by atoms with Crippen molar-refractivity contribution in [2.24, 2.45) is 0 Å². The second-order valence-corrected chi connectivity index (χ2v) is 3.43. The van der Waals surface area contributed by atoms with Crippen molar-refractivity contribution < 1.29 is 14.2 Å². The van der Waals surface area contributed by atoms with Crippen molar-refractivity contribution in [3.8, 4) is 0 Å². The van der Waals surface area contributed by atoms with Gasteiger partial charge in [0.1, 0.15) is 0 Å². The zero-order valence-corrected chi connectivity index (χ0v) is 9.32. The topological polar surface area (TPSA) is 30.9 Å². The lowest BCUT2D eigenvalue weighted by molar-refractivity contribution is 0.0105. The van der Waals surface area contributed by atoms with Gasteiger partial charge in [-0.25, -0.2) is 0 Å². The molecular formula is C11H21NO3. The Kier molecular flexibility index (Phi) is 7.47. The van der Waals surface area contributed by atoms with Gasteiger partial charge in [-0.1, -0.05) is 6.08 Å². The van der Waals surface area contributed by atoms with Gasteiger partial charge in [0.2, 0.25) is 0 Å². The van der Waals surface area contributed by atoms with Gasteiger partial charge in [0, 0.05) is 19.6 Å². The molecule has 4 nitrogen and oxygen atoms in total. The summed E-state index contributed by atoms with van der Waals surface area (Å²) in [5, 5.41) is 0. The highest BCUT2D eigenvalue weighted by molar-refractivity contribution is 4.63. The molecule has 1 heterocycles. The minimum absolute atomic E-state index is 0.604. The van der Waals surface area contributed by atoms with E-state index in [1.165, 1.54) is 0 Å². The average molecular weight is 215 g/mol. The molecule has 0 aromatic rings. The molecule has 0 aromatic carbocycles. The molecule has 1 rings (SSSR count). The van der Waals surface area contributed by atoms with Gasteiger partial charge >= 0.3 is 0 Å². The van der Waals surface area contributed by atoms with Gasteiger partial charge in [0.15, 0.2) is 0 Å². The average Bonchev–Trinajstić information content (AvgIpc) is 2.29. The SMILES string of the molecule is C=CCOCCOCCN1CCOCC1. The number of rotatable bonds is 8. The minimum atomic E-state index is 0.604. The first-order valence-corrected chi connectivity index (χ1v) is 5.50. The van der Waals surface area contributed by atoms with E-state index in [9.17, 15) is 0 Å². The van der Waals surface area contributed by atoms with E-state index < -0.39 is 0 Å². The molecule has 0 aromatic heterocycles. The monoisotopic (exact) mass is 215 g/mol. The van der Waals surface area contributed by atoms with E-state index in [1.54, 1.807) is 6.08 Å². The molecule has 0 saturated carbocycles. The van der Waals surface area contributed by atoms with Crippen LogP contribution in [0.15, 0.2) is 12.7 Å². The van der Waals surface area contributed by atoms with Crippen LogP contribution in [-0.4, -0.2) is 64.2 Å². The molecule has 1 saturated heterocycles. The molecule has 0 aliphatic carbocycles. The van der Waals surface area contributed by atoms with E-state index in [-0.39, 0.29) is 0 Å². The molecule has 1 aliphatic rings. The zero-order valence-electron chi connectivity index (χ0n) is 9.32. The van der Waals surface area contributed by atoms with E-state index >= 15 is 0 Å². The van der Waals surface area contributed by atoms with Crippen molar-refractivity contribution in [2.75, 3.05) is 59.3 Å². The maximum atomic E-state index is 5.44. The summed E-state index contributed by atoms with van der Waals surface area (Å²) < 4.78 is 15.9. The maximum Gasteiger partial charge on any atom is 0.0704 e. The Balaban J connectivity index is 1.81. The number of ether oxygens (including phenoxy) is 3. The summed E-state index contributed by atoms with van der Waals surface area (Å²) in [7, 11) is 0. The standard InChI is InChI=1S/C11H21NO3/c1-2-6-13-10-11-15-9-5-12-3-7-14-8-4-12/h2H,1,3-11H2. The smallest absolute Gasteiger partial charge is 0.0704 e. The molecule has 1 fully saturated rings. The van der Waals surface area contributed by atoms with E-state index in [1.807, 2.05) is 0 Å². The fourth-order valence-corrected chi connectivity index (χ4v) is 1.40. The molecular weight excluding hydrogens is 194 g/mol. The molecule has 0 atom stereocenters. The number of hydrogen-bond acceptors (Lipinski definition) is 4. The second-order valence-electron chi connectivity index (χ2n) is 3.43. The van der Waals surface area contributed by atoms with Crippen LogP contribution in [0.5, 0.6) is 0 Å². The summed E-state index contributed by atoms with van der Waals surface area (Å²) >= 11 is 0. The van der Waals surface area contributed by atoms with Crippen LogP contribution in [0.2, 0.25) is 0 Å². The van der Waals surface area contributed by atoms with Crippen molar-refractivity contribution >= 4 is 0 Å². The van der Waals surface area contributed by atoms with Crippen molar-refractivity contribution in [1.29, 1.82) is 0 Å². The van der Waals surface area contributed by atoms with Crippen LogP contribution < -0.4 is 0 Å². The van der Waals surface area contributed by atoms with Gasteiger partial charge in [0.05, 0.1) is 39.6 Å². The largest absolute Gasteiger partial charge is 0.379 e. The Morgan fingerprint density at radius 1 is 1.13 bits per heavy atom. The Labute approximate surface area is 91.8 Å². The van der Waals surface area contributed by atoms with Crippen molar-refractivity contribution in [1.82, 2.24) is 4.90 Å². The van der Waals surface area contributed by atoms with Crippen LogP contribution in [0.1, 0.15) is 0 Å². The predicted molar refractivity (Wildman–Crippen MR) is 59.1 cm³/mol. The lowest BCUT2D eigenvalue weighted by Crippen LogP contribution is -2.38. The third-order valence-corrected chi connectivity index (χ3v) is 2.26. The Morgan fingerprint density at radius 2 is 1.87 bits per heavy atom. The van der Waals surface area contributed by atoms with Gasteiger partial charge in [-0.15, -0.1) is 6.58 Å². The lowest BCUT2D eigenvalue weighted by atomic mass is 10.4. The van der Waals surface area contributed by atoms with E-state index in [0.717, 1.165) is 39.5 Å². The molecule has 15 heavy (non-hydrogen) atoms. The van der Waals surface area contributed by atoms with Crippen LogP contribution in [0.3, 0.4) is 0 Å². The first-order chi connectivity index (χ1) is 7.43. The van der Waals surface area contributed by atoms with Crippen molar-refractivity contribution in [2.45, 2.75) is 0 Å². The third-order valence-electron chi connectivity index (χ3n) is 2.26. The van der Waals surface area contributed by atoms with Crippen LogP contribution in [0, 0.1) is 0 Å². The van der Waals surface area contributed by atoms with Gasteiger partial charge < -0.3 is 14.2 Å². The summed E-state index contributed by atoms with van der Waals surface area (Å²) in [5.41, 5.74) is 0. The summed E-state index contributed by atoms with van der Waals surface area (Å²) in [6.45, 7) is 11.0. The van der Waals surface area contributed by atoms with Crippen LogP contribution in [0.25, 0.3) is 0 Å². The summed E-state index contributed by atoms with van der Waals surface area (Å²) in [5.74, 6) is 0. The van der Waals surface area contributed by atoms with Gasteiger partial charge in [0.25, 0.3) is 0 Å². The number of nitrogens with zero attached hydrogens (tertiary/aromatic N) is 1. The van der Waals surface area contributed by atoms with Crippen molar-refractivity contribution in [3.63, 3.8) is 0 Å². The highest BCUT2D eigenvalue weighted by atomic mass is 16.5. The van der Waals surface area contributed by atoms with E-state index in [4.69, 9.17) is 14.2 Å². The second kappa shape index (κ2) is 8.85. The minimum Gasteiger partial charge on any atom is -0.379 e. The van der Waals surface area contributed by atoms with Crippen LogP contribution in [0.4, 0.5) is 0 Å². The molecule has 0 N–H and O–H groups in total. The first-order valence-electron chi connectivity index (χ1n) is 5.50. The molecule has 0 spiro atoms. The predicted octanol–water partition coefficient (Wildman–Crippen LogP) is 0.538. The highest BCUT2D eigenvalue weighted by Gasteiger charge is 2.08. The normalized spacial score (nSPS) is 17.9. The zero-order chi connectivity index (χ0) is 10.8. The maximum absolute atomic E-state index is 5.44. The Hall–Kier alpha value is -0.420. The van der Waals surface area contributed by atoms with Crippen LogP contribution in [-0.2, 0) is 14.2 Å². The van der Waals surface area contributed by atoms with Crippen molar-refractivity contribution in [3.05, 3.63) is 12.7 Å². The third kappa shape index (κ3) is 6.62. The van der Waals surface area contributed by atoms with E-state index in [0.29, 0.717) is 19.8 Å². The number of hydrogen-bond donors (Lipinski definition) is 0.